The normalized spacial score (nSPS) is 10.9. The van der Waals surface area contributed by atoms with E-state index in [0.717, 1.165) is 10.1 Å². The van der Waals surface area contributed by atoms with E-state index in [4.69, 9.17) is 0 Å². The molecule has 1 aromatic carbocycles. The summed E-state index contributed by atoms with van der Waals surface area (Å²) in [5.41, 5.74) is 0.800. The standard InChI is InChI=1S/C14H13FN6O2/c1-20-13-12(18-19-20)14(23)21(8-17-13)7-11(22)16-6-9-2-4-10(15)5-3-9/h2-5,8H,6-7H2,1H3,(H,16,22). The predicted octanol–water partition coefficient (Wildman–Crippen LogP) is -0.0195. The molecule has 0 saturated heterocycles. The molecule has 3 rings (SSSR count). The first kappa shape index (κ1) is 14.8. The summed E-state index contributed by atoms with van der Waals surface area (Å²) < 4.78 is 15.4. The molecule has 0 radical (unpaired) electrons. The van der Waals surface area contributed by atoms with E-state index in [-0.39, 0.29) is 30.3 Å². The van der Waals surface area contributed by atoms with E-state index in [2.05, 4.69) is 20.6 Å². The summed E-state index contributed by atoms with van der Waals surface area (Å²) in [6, 6.07) is 5.79. The Morgan fingerprint density at radius 2 is 2.04 bits per heavy atom. The van der Waals surface area contributed by atoms with Gasteiger partial charge in [0.1, 0.15) is 18.7 Å². The van der Waals surface area contributed by atoms with Crippen LogP contribution < -0.4 is 10.9 Å². The maximum atomic E-state index is 12.8. The van der Waals surface area contributed by atoms with E-state index in [1.165, 1.54) is 23.1 Å². The minimum atomic E-state index is -0.431. The molecule has 0 aliphatic rings. The zero-order valence-electron chi connectivity index (χ0n) is 12.2. The average Bonchev–Trinajstić information content (AvgIpc) is 2.92. The number of nitrogens with zero attached hydrogens (tertiary/aromatic N) is 5. The SMILES string of the molecule is Cn1nnc2c(=O)n(CC(=O)NCc3ccc(F)cc3)cnc21. The van der Waals surface area contributed by atoms with Gasteiger partial charge in [0.2, 0.25) is 5.91 Å². The highest BCUT2D eigenvalue weighted by atomic mass is 19.1. The van der Waals surface area contributed by atoms with Crippen molar-refractivity contribution in [1.82, 2.24) is 29.9 Å². The molecule has 1 N–H and O–H groups in total. The molecule has 0 saturated carbocycles. The molecule has 2 heterocycles. The molecule has 0 aliphatic heterocycles. The van der Waals surface area contributed by atoms with Gasteiger partial charge in [0.15, 0.2) is 11.2 Å². The number of benzene rings is 1. The second-order valence-corrected chi connectivity index (χ2v) is 4.97. The lowest BCUT2D eigenvalue weighted by Gasteiger charge is -2.07. The number of amides is 1. The zero-order chi connectivity index (χ0) is 16.4. The van der Waals surface area contributed by atoms with Crippen molar-refractivity contribution in [2.24, 2.45) is 7.05 Å². The molecule has 1 amide bonds. The minimum absolute atomic E-state index is 0.112. The maximum Gasteiger partial charge on any atom is 0.283 e. The summed E-state index contributed by atoms with van der Waals surface area (Å²) >= 11 is 0. The van der Waals surface area contributed by atoms with Crippen LogP contribution in [0.2, 0.25) is 0 Å². The number of carbonyl (C=O) groups is 1. The molecule has 0 atom stereocenters. The van der Waals surface area contributed by atoms with Gasteiger partial charge in [0.25, 0.3) is 5.56 Å². The fourth-order valence-corrected chi connectivity index (χ4v) is 2.07. The summed E-state index contributed by atoms with van der Waals surface area (Å²) in [7, 11) is 1.63. The van der Waals surface area contributed by atoms with Crippen LogP contribution in [0, 0.1) is 5.82 Å². The third-order valence-electron chi connectivity index (χ3n) is 3.30. The largest absolute Gasteiger partial charge is 0.350 e. The van der Waals surface area contributed by atoms with Crippen LogP contribution in [0.25, 0.3) is 11.2 Å². The minimum Gasteiger partial charge on any atom is -0.350 e. The molecule has 0 unspecified atom stereocenters. The molecule has 3 aromatic rings. The summed E-state index contributed by atoms with van der Waals surface area (Å²) in [6.07, 6.45) is 1.28. The van der Waals surface area contributed by atoms with Crippen LogP contribution in [0.1, 0.15) is 5.56 Å². The number of hydrogen-bond donors (Lipinski definition) is 1. The Morgan fingerprint density at radius 3 is 2.78 bits per heavy atom. The Hall–Kier alpha value is -3.10. The molecule has 8 nitrogen and oxygen atoms in total. The van der Waals surface area contributed by atoms with Crippen molar-refractivity contribution in [2.45, 2.75) is 13.1 Å². The Morgan fingerprint density at radius 1 is 1.30 bits per heavy atom. The zero-order valence-corrected chi connectivity index (χ0v) is 12.2. The van der Waals surface area contributed by atoms with Crippen molar-refractivity contribution in [3.63, 3.8) is 0 Å². The van der Waals surface area contributed by atoms with Gasteiger partial charge in [-0.1, -0.05) is 17.3 Å². The maximum absolute atomic E-state index is 12.8. The van der Waals surface area contributed by atoms with Gasteiger partial charge in [-0.15, -0.1) is 5.10 Å². The molecular formula is C14H13FN6O2. The van der Waals surface area contributed by atoms with Crippen LogP contribution in [-0.4, -0.2) is 30.5 Å². The van der Waals surface area contributed by atoms with Gasteiger partial charge in [-0.25, -0.2) is 14.1 Å². The van der Waals surface area contributed by atoms with Crippen molar-refractivity contribution in [3.05, 3.63) is 52.3 Å². The van der Waals surface area contributed by atoms with Crippen LogP contribution in [0.15, 0.2) is 35.4 Å². The summed E-state index contributed by atoms with van der Waals surface area (Å²) in [6.45, 7) is 0.0637. The number of aryl methyl sites for hydroxylation is 1. The van der Waals surface area contributed by atoms with E-state index in [1.807, 2.05) is 0 Å². The van der Waals surface area contributed by atoms with Crippen molar-refractivity contribution in [2.75, 3.05) is 0 Å². The van der Waals surface area contributed by atoms with E-state index < -0.39 is 5.56 Å². The van der Waals surface area contributed by atoms with Crippen molar-refractivity contribution >= 4 is 17.1 Å². The monoisotopic (exact) mass is 316 g/mol. The van der Waals surface area contributed by atoms with Gasteiger partial charge in [0, 0.05) is 13.6 Å². The molecule has 0 bridgehead atoms. The average molecular weight is 316 g/mol. The van der Waals surface area contributed by atoms with Crippen molar-refractivity contribution in [3.8, 4) is 0 Å². The number of nitrogens with one attached hydrogen (secondary N) is 1. The number of hydrogen-bond acceptors (Lipinski definition) is 5. The van der Waals surface area contributed by atoms with Crippen molar-refractivity contribution in [1.29, 1.82) is 0 Å². The smallest absolute Gasteiger partial charge is 0.283 e. The van der Waals surface area contributed by atoms with E-state index in [9.17, 15) is 14.0 Å². The lowest BCUT2D eigenvalue weighted by molar-refractivity contribution is -0.121. The molecule has 9 heteroatoms. The van der Waals surface area contributed by atoms with Gasteiger partial charge in [-0.2, -0.15) is 0 Å². The van der Waals surface area contributed by atoms with Crippen molar-refractivity contribution < 1.29 is 9.18 Å². The van der Waals surface area contributed by atoms with Crippen LogP contribution in [-0.2, 0) is 24.9 Å². The molecule has 23 heavy (non-hydrogen) atoms. The second-order valence-electron chi connectivity index (χ2n) is 4.97. The van der Waals surface area contributed by atoms with Gasteiger partial charge in [0.05, 0.1) is 0 Å². The lowest BCUT2D eigenvalue weighted by atomic mass is 10.2. The van der Waals surface area contributed by atoms with Crippen LogP contribution in [0.5, 0.6) is 0 Å². The van der Waals surface area contributed by atoms with Gasteiger partial charge in [-0.3, -0.25) is 14.2 Å². The number of aromatic nitrogens is 5. The Labute approximate surface area is 129 Å². The number of fused-ring (bicyclic) bond motifs is 1. The van der Waals surface area contributed by atoms with Gasteiger partial charge >= 0.3 is 0 Å². The summed E-state index contributed by atoms with van der Waals surface area (Å²) in [4.78, 5) is 28.2. The Balaban J connectivity index is 1.69. The van der Waals surface area contributed by atoms with Crippen LogP contribution >= 0.6 is 0 Å². The molecule has 118 valence electrons. The Kier molecular flexibility index (Phi) is 3.83. The first-order valence-corrected chi connectivity index (χ1v) is 6.80. The fraction of sp³-hybridized carbons (Fsp3) is 0.214. The molecule has 0 aliphatic carbocycles. The highest BCUT2D eigenvalue weighted by Crippen LogP contribution is 2.02. The highest BCUT2D eigenvalue weighted by molar-refractivity contribution is 5.76. The quantitative estimate of drug-likeness (QED) is 0.730. The predicted molar refractivity (Wildman–Crippen MR) is 78.8 cm³/mol. The van der Waals surface area contributed by atoms with E-state index in [1.54, 1.807) is 19.2 Å². The fourth-order valence-electron chi connectivity index (χ4n) is 2.07. The number of rotatable bonds is 4. The lowest BCUT2D eigenvalue weighted by Crippen LogP contribution is -2.32. The van der Waals surface area contributed by atoms with E-state index >= 15 is 0 Å². The topological polar surface area (TPSA) is 94.7 Å². The van der Waals surface area contributed by atoms with E-state index in [0.29, 0.717) is 5.65 Å². The van der Waals surface area contributed by atoms with Gasteiger partial charge < -0.3 is 5.32 Å². The Bertz CT molecular complexity index is 915. The molecule has 0 spiro atoms. The van der Waals surface area contributed by atoms with Crippen LogP contribution in [0.3, 0.4) is 0 Å². The summed E-state index contributed by atoms with van der Waals surface area (Å²) in [5, 5.41) is 10.1. The third-order valence-corrected chi connectivity index (χ3v) is 3.30. The van der Waals surface area contributed by atoms with Crippen LogP contribution in [0.4, 0.5) is 4.39 Å². The first-order valence-electron chi connectivity index (χ1n) is 6.80. The number of carbonyl (C=O) groups excluding carboxylic acids is 1. The number of halogens is 1. The van der Waals surface area contributed by atoms with Gasteiger partial charge in [-0.05, 0) is 17.7 Å². The molecular weight excluding hydrogens is 303 g/mol. The second kappa shape index (κ2) is 5.95. The third kappa shape index (κ3) is 3.07. The summed E-state index contributed by atoms with van der Waals surface area (Å²) in [5.74, 6) is -0.698. The molecule has 0 fully saturated rings. The molecule has 2 aromatic heterocycles. The first-order chi connectivity index (χ1) is 11.0. The highest BCUT2D eigenvalue weighted by Gasteiger charge is 2.12.